The van der Waals surface area contributed by atoms with Crippen molar-refractivity contribution in [1.82, 2.24) is 0 Å². The molecule has 20 heavy (non-hydrogen) atoms. The fraction of sp³-hybridized carbons (Fsp3) is 0.429. The SMILES string of the molecule is CCC1Oc2cc(CN)ccc2N(CCC(=O)O)C1=O. The number of anilines is 1. The molecule has 0 bridgehead atoms. The number of ether oxygens (including phenoxy) is 1. The molecule has 6 nitrogen and oxygen atoms in total. The molecule has 3 N–H and O–H groups in total. The van der Waals surface area contributed by atoms with E-state index in [9.17, 15) is 9.59 Å². The Labute approximate surface area is 117 Å². The Morgan fingerprint density at radius 3 is 2.85 bits per heavy atom. The summed E-state index contributed by atoms with van der Waals surface area (Å²) < 4.78 is 5.68. The van der Waals surface area contributed by atoms with E-state index in [0.29, 0.717) is 24.4 Å². The molecular weight excluding hydrogens is 260 g/mol. The third-order valence-corrected chi connectivity index (χ3v) is 3.28. The molecule has 1 amide bonds. The van der Waals surface area contributed by atoms with Gasteiger partial charge < -0.3 is 20.5 Å². The van der Waals surface area contributed by atoms with Crippen molar-refractivity contribution in [1.29, 1.82) is 0 Å². The van der Waals surface area contributed by atoms with Gasteiger partial charge in [-0.05, 0) is 24.1 Å². The molecule has 0 spiro atoms. The monoisotopic (exact) mass is 278 g/mol. The highest BCUT2D eigenvalue weighted by Gasteiger charge is 2.33. The van der Waals surface area contributed by atoms with Gasteiger partial charge in [0, 0.05) is 13.1 Å². The van der Waals surface area contributed by atoms with Crippen LogP contribution < -0.4 is 15.4 Å². The van der Waals surface area contributed by atoms with Gasteiger partial charge in [0.25, 0.3) is 5.91 Å². The predicted octanol–water partition coefficient (Wildman–Crippen LogP) is 1.12. The molecule has 0 aromatic heterocycles. The summed E-state index contributed by atoms with van der Waals surface area (Å²) in [5, 5.41) is 8.80. The van der Waals surface area contributed by atoms with Crippen LogP contribution in [0.4, 0.5) is 5.69 Å². The van der Waals surface area contributed by atoms with Crippen molar-refractivity contribution >= 4 is 17.6 Å². The normalized spacial score (nSPS) is 17.6. The van der Waals surface area contributed by atoms with Gasteiger partial charge in [-0.1, -0.05) is 13.0 Å². The van der Waals surface area contributed by atoms with Crippen molar-refractivity contribution in [3.05, 3.63) is 23.8 Å². The van der Waals surface area contributed by atoms with Gasteiger partial charge in [0.15, 0.2) is 6.10 Å². The molecule has 1 aromatic carbocycles. The number of carboxylic acid groups (broad SMARTS) is 1. The van der Waals surface area contributed by atoms with E-state index >= 15 is 0 Å². The van der Waals surface area contributed by atoms with E-state index in [-0.39, 0.29) is 18.9 Å². The largest absolute Gasteiger partial charge is 0.481 e. The fourth-order valence-electron chi connectivity index (χ4n) is 2.20. The molecule has 0 aliphatic carbocycles. The first-order valence-corrected chi connectivity index (χ1v) is 6.59. The predicted molar refractivity (Wildman–Crippen MR) is 73.6 cm³/mol. The minimum absolute atomic E-state index is 0.0970. The topological polar surface area (TPSA) is 92.9 Å². The van der Waals surface area contributed by atoms with E-state index in [1.54, 1.807) is 12.1 Å². The van der Waals surface area contributed by atoms with Gasteiger partial charge in [-0.2, -0.15) is 0 Å². The van der Waals surface area contributed by atoms with Crippen LogP contribution in [0.1, 0.15) is 25.3 Å². The van der Waals surface area contributed by atoms with Crippen molar-refractivity contribution in [3.8, 4) is 5.75 Å². The lowest BCUT2D eigenvalue weighted by molar-refractivity contribution is -0.136. The molecule has 1 aliphatic heterocycles. The molecule has 108 valence electrons. The Bertz CT molecular complexity index is 530. The third kappa shape index (κ3) is 2.75. The van der Waals surface area contributed by atoms with Gasteiger partial charge in [0.1, 0.15) is 5.75 Å². The number of carbonyl (C=O) groups is 2. The molecule has 6 heteroatoms. The van der Waals surface area contributed by atoms with Crippen molar-refractivity contribution in [2.75, 3.05) is 11.4 Å². The summed E-state index contributed by atoms with van der Waals surface area (Å²) in [5.41, 5.74) is 7.11. The minimum atomic E-state index is -0.933. The van der Waals surface area contributed by atoms with Crippen LogP contribution in [0.15, 0.2) is 18.2 Å². The average Bonchev–Trinajstić information content (AvgIpc) is 2.44. The average molecular weight is 278 g/mol. The maximum atomic E-state index is 12.3. The smallest absolute Gasteiger partial charge is 0.305 e. The molecule has 1 aromatic rings. The summed E-state index contributed by atoms with van der Waals surface area (Å²) in [6, 6.07) is 5.37. The maximum Gasteiger partial charge on any atom is 0.305 e. The Morgan fingerprint density at radius 2 is 2.25 bits per heavy atom. The summed E-state index contributed by atoms with van der Waals surface area (Å²) >= 11 is 0. The van der Waals surface area contributed by atoms with Crippen molar-refractivity contribution in [2.24, 2.45) is 5.73 Å². The van der Waals surface area contributed by atoms with E-state index in [4.69, 9.17) is 15.6 Å². The molecule has 1 heterocycles. The van der Waals surface area contributed by atoms with Crippen LogP contribution in [-0.2, 0) is 16.1 Å². The highest BCUT2D eigenvalue weighted by atomic mass is 16.5. The second kappa shape index (κ2) is 5.92. The highest BCUT2D eigenvalue weighted by Crippen LogP contribution is 2.35. The van der Waals surface area contributed by atoms with Crippen LogP contribution >= 0.6 is 0 Å². The number of hydrogen-bond donors (Lipinski definition) is 2. The van der Waals surface area contributed by atoms with Crippen molar-refractivity contribution in [2.45, 2.75) is 32.4 Å². The molecule has 0 saturated carbocycles. The number of rotatable bonds is 5. The highest BCUT2D eigenvalue weighted by molar-refractivity contribution is 6.00. The lowest BCUT2D eigenvalue weighted by Gasteiger charge is -2.34. The molecule has 2 rings (SSSR count). The quantitative estimate of drug-likeness (QED) is 0.842. The van der Waals surface area contributed by atoms with E-state index in [1.807, 2.05) is 13.0 Å². The number of carboxylic acids is 1. The van der Waals surface area contributed by atoms with Gasteiger partial charge in [0.05, 0.1) is 12.1 Å². The van der Waals surface area contributed by atoms with Crippen LogP contribution in [0, 0.1) is 0 Å². The number of fused-ring (bicyclic) bond motifs is 1. The van der Waals surface area contributed by atoms with Gasteiger partial charge in [-0.15, -0.1) is 0 Å². The second-order valence-corrected chi connectivity index (χ2v) is 4.65. The zero-order chi connectivity index (χ0) is 14.7. The molecule has 1 atom stereocenters. The molecule has 0 radical (unpaired) electrons. The third-order valence-electron chi connectivity index (χ3n) is 3.28. The van der Waals surface area contributed by atoms with Gasteiger partial charge in [-0.3, -0.25) is 9.59 Å². The number of aliphatic carboxylic acids is 1. The Balaban J connectivity index is 2.34. The van der Waals surface area contributed by atoms with Crippen LogP contribution in [-0.4, -0.2) is 29.6 Å². The first kappa shape index (κ1) is 14.3. The number of hydrogen-bond acceptors (Lipinski definition) is 4. The number of nitrogens with two attached hydrogens (primary N) is 1. The lowest BCUT2D eigenvalue weighted by Crippen LogP contribution is -2.46. The number of benzene rings is 1. The van der Waals surface area contributed by atoms with Crippen LogP contribution in [0.3, 0.4) is 0 Å². The van der Waals surface area contributed by atoms with E-state index in [2.05, 4.69) is 0 Å². The first-order valence-electron chi connectivity index (χ1n) is 6.59. The van der Waals surface area contributed by atoms with Gasteiger partial charge in [-0.25, -0.2) is 0 Å². The summed E-state index contributed by atoms with van der Waals surface area (Å²) in [5.74, 6) is -0.538. The Kier molecular flexibility index (Phi) is 4.24. The van der Waals surface area contributed by atoms with E-state index in [1.165, 1.54) is 4.90 Å². The number of carbonyl (C=O) groups excluding carboxylic acids is 1. The van der Waals surface area contributed by atoms with E-state index in [0.717, 1.165) is 5.56 Å². The second-order valence-electron chi connectivity index (χ2n) is 4.65. The molecule has 0 saturated heterocycles. The van der Waals surface area contributed by atoms with Gasteiger partial charge in [0.2, 0.25) is 0 Å². The Hall–Kier alpha value is -2.08. The van der Waals surface area contributed by atoms with Crippen LogP contribution in [0.2, 0.25) is 0 Å². The van der Waals surface area contributed by atoms with Crippen LogP contribution in [0.25, 0.3) is 0 Å². The minimum Gasteiger partial charge on any atom is -0.481 e. The van der Waals surface area contributed by atoms with Crippen molar-refractivity contribution < 1.29 is 19.4 Å². The fourth-order valence-corrected chi connectivity index (χ4v) is 2.20. The number of nitrogens with zero attached hydrogens (tertiary/aromatic N) is 1. The van der Waals surface area contributed by atoms with Crippen molar-refractivity contribution in [3.63, 3.8) is 0 Å². The molecular formula is C14H18N2O4. The summed E-state index contributed by atoms with van der Waals surface area (Å²) in [7, 11) is 0. The molecule has 1 aliphatic rings. The lowest BCUT2D eigenvalue weighted by atomic mass is 10.1. The van der Waals surface area contributed by atoms with E-state index < -0.39 is 12.1 Å². The summed E-state index contributed by atoms with van der Waals surface area (Å²) in [6.45, 7) is 2.38. The zero-order valence-electron chi connectivity index (χ0n) is 11.3. The first-order chi connectivity index (χ1) is 9.56. The zero-order valence-corrected chi connectivity index (χ0v) is 11.3. The molecule has 0 fully saturated rings. The summed E-state index contributed by atoms with van der Waals surface area (Å²) in [4.78, 5) is 24.5. The molecule has 1 unspecified atom stereocenters. The Morgan fingerprint density at radius 1 is 1.50 bits per heavy atom. The number of amides is 1. The van der Waals surface area contributed by atoms with Gasteiger partial charge >= 0.3 is 5.97 Å². The standard InChI is InChI=1S/C14H18N2O4/c1-2-11-14(19)16(6-5-13(17)18)10-4-3-9(8-15)7-12(10)20-11/h3-4,7,11H,2,5-6,8,15H2,1H3,(H,17,18). The maximum absolute atomic E-state index is 12.3. The summed E-state index contributed by atoms with van der Waals surface area (Å²) in [6.07, 6.45) is -0.126. The van der Waals surface area contributed by atoms with Crippen LogP contribution in [0.5, 0.6) is 5.75 Å².